The molecular formula is C18H21N3O4S. The van der Waals surface area contributed by atoms with Crippen molar-refractivity contribution in [2.45, 2.75) is 17.7 Å². The van der Waals surface area contributed by atoms with Gasteiger partial charge in [0.25, 0.3) is 10.0 Å². The van der Waals surface area contributed by atoms with Gasteiger partial charge >= 0.3 is 0 Å². The molecule has 3 rings (SSSR count). The molecule has 3 N–H and O–H groups in total. The number of nitrogens with one attached hydrogen (secondary N) is 3. The van der Waals surface area contributed by atoms with Gasteiger partial charge < -0.3 is 15.4 Å². The van der Waals surface area contributed by atoms with E-state index in [1.165, 1.54) is 12.1 Å². The molecule has 26 heavy (non-hydrogen) atoms. The summed E-state index contributed by atoms with van der Waals surface area (Å²) in [5, 5.41) is 5.93. The topological polar surface area (TPSA) is 96.5 Å². The normalized spacial score (nSPS) is 13.2. The van der Waals surface area contributed by atoms with Gasteiger partial charge in [0.1, 0.15) is 0 Å². The number of ether oxygens (including phenoxy) is 1. The lowest BCUT2D eigenvalue weighted by Crippen LogP contribution is -2.13. The van der Waals surface area contributed by atoms with Crippen LogP contribution >= 0.6 is 0 Å². The number of carbonyl (C=O) groups is 1. The average molecular weight is 375 g/mol. The molecule has 0 atom stereocenters. The number of fused-ring (bicyclic) bond motifs is 1. The number of sulfonamides is 1. The van der Waals surface area contributed by atoms with Crippen LogP contribution in [0.15, 0.2) is 47.4 Å². The Morgan fingerprint density at radius 3 is 2.58 bits per heavy atom. The summed E-state index contributed by atoms with van der Waals surface area (Å²) >= 11 is 0. The lowest BCUT2D eigenvalue weighted by molar-refractivity contribution is -0.115. The smallest absolute Gasteiger partial charge is 0.261 e. The largest absolute Gasteiger partial charge is 0.385 e. The van der Waals surface area contributed by atoms with Crippen LogP contribution in [0.1, 0.15) is 12.0 Å². The van der Waals surface area contributed by atoms with Gasteiger partial charge in [-0.05, 0) is 54.4 Å². The first-order valence-electron chi connectivity index (χ1n) is 8.26. The Labute approximate surface area is 152 Å². The van der Waals surface area contributed by atoms with Crippen LogP contribution in [-0.4, -0.2) is 34.6 Å². The molecule has 0 aliphatic carbocycles. The third-order valence-electron chi connectivity index (χ3n) is 4.00. The minimum absolute atomic E-state index is 0.129. The maximum Gasteiger partial charge on any atom is 0.261 e. The number of carbonyl (C=O) groups excluding carboxylic acids is 1. The minimum atomic E-state index is -3.72. The van der Waals surface area contributed by atoms with Crippen LogP contribution in [0.25, 0.3) is 0 Å². The van der Waals surface area contributed by atoms with E-state index in [9.17, 15) is 13.2 Å². The van der Waals surface area contributed by atoms with Crippen molar-refractivity contribution in [3.8, 4) is 0 Å². The quantitative estimate of drug-likeness (QED) is 0.616. The average Bonchev–Trinajstić information content (AvgIpc) is 2.99. The molecule has 2 aromatic carbocycles. The van der Waals surface area contributed by atoms with Gasteiger partial charge in [-0.25, -0.2) is 8.42 Å². The summed E-state index contributed by atoms with van der Waals surface area (Å²) < 4.78 is 32.7. The number of benzene rings is 2. The van der Waals surface area contributed by atoms with Crippen LogP contribution in [0.2, 0.25) is 0 Å². The van der Waals surface area contributed by atoms with E-state index in [1.54, 1.807) is 25.3 Å². The molecule has 0 aromatic heterocycles. The first-order valence-corrected chi connectivity index (χ1v) is 9.75. The molecule has 0 radical (unpaired) electrons. The van der Waals surface area contributed by atoms with Gasteiger partial charge in [-0.1, -0.05) is 0 Å². The van der Waals surface area contributed by atoms with Crippen LogP contribution < -0.4 is 15.4 Å². The maximum absolute atomic E-state index is 12.6. The molecule has 138 valence electrons. The number of rotatable bonds is 8. The van der Waals surface area contributed by atoms with Gasteiger partial charge in [0.2, 0.25) is 5.91 Å². The molecular weight excluding hydrogens is 354 g/mol. The fourth-order valence-electron chi connectivity index (χ4n) is 2.69. The van der Waals surface area contributed by atoms with E-state index in [-0.39, 0.29) is 17.2 Å². The van der Waals surface area contributed by atoms with Gasteiger partial charge in [-0.15, -0.1) is 0 Å². The monoisotopic (exact) mass is 375 g/mol. The predicted molar refractivity (Wildman–Crippen MR) is 101 cm³/mol. The second kappa shape index (κ2) is 7.76. The Morgan fingerprint density at radius 1 is 1.12 bits per heavy atom. The SMILES string of the molecule is COCCCNc1ccc(NS(=O)(=O)c2ccc3c(c2)CC(=O)N3)cc1. The first-order chi connectivity index (χ1) is 12.5. The van der Waals surface area contributed by atoms with Crippen molar-refractivity contribution >= 4 is 33.0 Å². The van der Waals surface area contributed by atoms with E-state index in [4.69, 9.17) is 4.74 Å². The molecule has 1 heterocycles. The van der Waals surface area contributed by atoms with Gasteiger partial charge in [0, 0.05) is 37.3 Å². The molecule has 0 unspecified atom stereocenters. The standard InChI is InChI=1S/C18H21N3O4S/c1-25-10-2-9-19-14-3-5-15(6-4-14)21-26(23,24)16-7-8-17-13(11-16)12-18(22)20-17/h3-8,11,19,21H,2,9-10,12H2,1H3,(H,20,22). The zero-order valence-electron chi connectivity index (χ0n) is 14.4. The maximum atomic E-state index is 12.6. The van der Waals surface area contributed by atoms with E-state index >= 15 is 0 Å². The van der Waals surface area contributed by atoms with Crippen molar-refractivity contribution in [3.63, 3.8) is 0 Å². The fraction of sp³-hybridized carbons (Fsp3) is 0.278. The Morgan fingerprint density at radius 2 is 1.85 bits per heavy atom. The number of anilines is 3. The summed E-state index contributed by atoms with van der Waals surface area (Å²) in [5.74, 6) is -0.129. The molecule has 0 saturated heterocycles. The Hall–Kier alpha value is -2.58. The van der Waals surface area contributed by atoms with Gasteiger partial charge in [-0.3, -0.25) is 9.52 Å². The Balaban J connectivity index is 1.66. The molecule has 7 nitrogen and oxygen atoms in total. The number of hydrogen-bond acceptors (Lipinski definition) is 5. The van der Waals surface area contributed by atoms with Crippen molar-refractivity contribution in [3.05, 3.63) is 48.0 Å². The highest BCUT2D eigenvalue weighted by Gasteiger charge is 2.21. The molecule has 1 aliphatic rings. The Kier molecular flexibility index (Phi) is 5.43. The number of methoxy groups -OCH3 is 1. The summed E-state index contributed by atoms with van der Waals surface area (Å²) in [5.41, 5.74) is 2.74. The third kappa shape index (κ3) is 4.33. The van der Waals surface area contributed by atoms with E-state index in [2.05, 4.69) is 15.4 Å². The molecule has 0 bridgehead atoms. The lowest BCUT2D eigenvalue weighted by Gasteiger charge is -2.11. The molecule has 8 heteroatoms. The molecule has 1 aliphatic heterocycles. The van der Waals surface area contributed by atoms with E-state index in [0.717, 1.165) is 18.7 Å². The molecule has 1 amide bonds. The van der Waals surface area contributed by atoms with Crippen LogP contribution in [-0.2, 0) is 26.0 Å². The summed E-state index contributed by atoms with van der Waals surface area (Å²) in [7, 11) is -2.05. The lowest BCUT2D eigenvalue weighted by atomic mass is 10.2. The zero-order valence-corrected chi connectivity index (χ0v) is 15.2. The summed E-state index contributed by atoms with van der Waals surface area (Å²) in [6.45, 7) is 1.47. The van der Waals surface area contributed by atoms with Crippen molar-refractivity contribution in [2.24, 2.45) is 0 Å². The highest BCUT2D eigenvalue weighted by molar-refractivity contribution is 7.92. The summed E-state index contributed by atoms with van der Waals surface area (Å²) in [6.07, 6.45) is 1.09. The molecule has 0 spiro atoms. The van der Waals surface area contributed by atoms with Crippen molar-refractivity contribution in [1.29, 1.82) is 0 Å². The zero-order chi connectivity index (χ0) is 18.6. The molecule has 0 fully saturated rings. The predicted octanol–water partition coefficient (Wildman–Crippen LogP) is 2.43. The van der Waals surface area contributed by atoms with E-state index in [0.29, 0.717) is 23.5 Å². The summed E-state index contributed by atoms with van der Waals surface area (Å²) in [6, 6.07) is 11.7. The number of amides is 1. The van der Waals surface area contributed by atoms with Crippen molar-refractivity contribution in [2.75, 3.05) is 35.6 Å². The van der Waals surface area contributed by atoms with Crippen molar-refractivity contribution in [1.82, 2.24) is 0 Å². The van der Waals surface area contributed by atoms with E-state index < -0.39 is 10.0 Å². The highest BCUT2D eigenvalue weighted by atomic mass is 32.2. The number of hydrogen-bond donors (Lipinski definition) is 3. The highest BCUT2D eigenvalue weighted by Crippen LogP contribution is 2.27. The van der Waals surface area contributed by atoms with Gasteiger partial charge in [0.15, 0.2) is 0 Å². The second-order valence-corrected chi connectivity index (χ2v) is 7.68. The van der Waals surface area contributed by atoms with Crippen LogP contribution in [0.3, 0.4) is 0 Å². The molecule has 0 saturated carbocycles. The van der Waals surface area contributed by atoms with Crippen LogP contribution in [0.5, 0.6) is 0 Å². The van der Waals surface area contributed by atoms with Gasteiger partial charge in [-0.2, -0.15) is 0 Å². The summed E-state index contributed by atoms with van der Waals surface area (Å²) in [4.78, 5) is 11.5. The fourth-order valence-corrected chi connectivity index (χ4v) is 3.80. The van der Waals surface area contributed by atoms with Crippen LogP contribution in [0, 0.1) is 0 Å². The third-order valence-corrected chi connectivity index (χ3v) is 5.38. The first kappa shape index (κ1) is 18.2. The van der Waals surface area contributed by atoms with Crippen LogP contribution in [0.4, 0.5) is 17.1 Å². The van der Waals surface area contributed by atoms with Gasteiger partial charge in [0.05, 0.1) is 11.3 Å². The van der Waals surface area contributed by atoms with E-state index in [1.807, 2.05) is 12.1 Å². The minimum Gasteiger partial charge on any atom is -0.385 e. The molecule has 2 aromatic rings. The Bertz CT molecular complexity index is 895. The second-order valence-electron chi connectivity index (χ2n) is 6.00. The van der Waals surface area contributed by atoms with Crippen molar-refractivity contribution < 1.29 is 17.9 Å².